The highest BCUT2D eigenvalue weighted by Gasteiger charge is 2.29. The van der Waals surface area contributed by atoms with Crippen molar-refractivity contribution >= 4 is 5.97 Å². The average molecular weight is 219 g/mol. The van der Waals surface area contributed by atoms with Gasteiger partial charge in [-0.15, -0.1) is 0 Å². The Morgan fingerprint density at radius 2 is 2.27 bits per heavy atom. The normalized spacial score (nSPS) is 28.3. The van der Waals surface area contributed by atoms with Gasteiger partial charge >= 0.3 is 5.97 Å². The van der Waals surface area contributed by atoms with Gasteiger partial charge in [0, 0.05) is 25.6 Å². The third-order valence-electron chi connectivity index (χ3n) is 2.56. The van der Waals surface area contributed by atoms with Crippen LogP contribution in [0.4, 0.5) is 4.39 Å². The SMILES string of the molecule is CC(C)N1CC(F)CC(OCC(=O)O)C1. The summed E-state index contributed by atoms with van der Waals surface area (Å²) in [6, 6.07) is 0.263. The van der Waals surface area contributed by atoms with E-state index in [-0.39, 0.29) is 18.8 Å². The van der Waals surface area contributed by atoms with E-state index < -0.39 is 12.1 Å². The van der Waals surface area contributed by atoms with Crippen LogP contribution in [0.1, 0.15) is 20.3 Å². The van der Waals surface area contributed by atoms with Crippen LogP contribution in [0.5, 0.6) is 0 Å². The topological polar surface area (TPSA) is 49.8 Å². The second-order valence-electron chi connectivity index (χ2n) is 4.21. The molecule has 0 aromatic carbocycles. The summed E-state index contributed by atoms with van der Waals surface area (Å²) in [6.07, 6.45) is -0.913. The van der Waals surface area contributed by atoms with Crippen molar-refractivity contribution in [3.63, 3.8) is 0 Å². The number of rotatable bonds is 4. The molecule has 4 nitrogen and oxygen atoms in total. The van der Waals surface area contributed by atoms with E-state index in [1.807, 2.05) is 18.7 Å². The van der Waals surface area contributed by atoms with Gasteiger partial charge in [0.15, 0.2) is 0 Å². The largest absolute Gasteiger partial charge is 0.480 e. The molecule has 1 aliphatic rings. The Balaban J connectivity index is 2.41. The van der Waals surface area contributed by atoms with Crippen LogP contribution >= 0.6 is 0 Å². The lowest BCUT2D eigenvalue weighted by Crippen LogP contribution is -2.48. The zero-order valence-corrected chi connectivity index (χ0v) is 9.15. The molecule has 15 heavy (non-hydrogen) atoms. The van der Waals surface area contributed by atoms with Crippen LogP contribution in [0, 0.1) is 0 Å². The van der Waals surface area contributed by atoms with E-state index in [0.717, 1.165) is 0 Å². The maximum atomic E-state index is 13.3. The van der Waals surface area contributed by atoms with E-state index >= 15 is 0 Å². The van der Waals surface area contributed by atoms with Crippen molar-refractivity contribution in [1.29, 1.82) is 0 Å². The van der Waals surface area contributed by atoms with Crippen LogP contribution in [-0.2, 0) is 9.53 Å². The summed E-state index contributed by atoms with van der Waals surface area (Å²) in [6.45, 7) is 4.68. The third-order valence-corrected chi connectivity index (χ3v) is 2.56. The number of hydrogen-bond acceptors (Lipinski definition) is 3. The highest BCUT2D eigenvalue weighted by atomic mass is 19.1. The summed E-state index contributed by atoms with van der Waals surface area (Å²) in [5, 5.41) is 8.45. The van der Waals surface area contributed by atoms with Crippen LogP contribution in [0.25, 0.3) is 0 Å². The molecule has 2 unspecified atom stereocenters. The van der Waals surface area contributed by atoms with Gasteiger partial charge in [-0.3, -0.25) is 4.90 Å². The van der Waals surface area contributed by atoms with Crippen LogP contribution in [0.15, 0.2) is 0 Å². The van der Waals surface area contributed by atoms with Crippen molar-refractivity contribution in [2.24, 2.45) is 0 Å². The highest BCUT2D eigenvalue weighted by Crippen LogP contribution is 2.18. The molecule has 1 heterocycles. The summed E-state index contributed by atoms with van der Waals surface area (Å²) >= 11 is 0. The summed E-state index contributed by atoms with van der Waals surface area (Å²) < 4.78 is 18.4. The first-order chi connectivity index (χ1) is 6.99. The number of carboxylic acids is 1. The Bertz CT molecular complexity index is 223. The summed E-state index contributed by atoms with van der Waals surface area (Å²) in [4.78, 5) is 12.3. The van der Waals surface area contributed by atoms with Gasteiger partial charge in [-0.1, -0.05) is 0 Å². The number of alkyl halides is 1. The van der Waals surface area contributed by atoms with Gasteiger partial charge in [-0.05, 0) is 13.8 Å². The van der Waals surface area contributed by atoms with Crippen molar-refractivity contribution in [3.8, 4) is 0 Å². The first kappa shape index (κ1) is 12.4. The van der Waals surface area contributed by atoms with E-state index in [4.69, 9.17) is 9.84 Å². The molecule has 0 radical (unpaired) electrons. The van der Waals surface area contributed by atoms with Gasteiger partial charge in [-0.25, -0.2) is 9.18 Å². The van der Waals surface area contributed by atoms with Crippen molar-refractivity contribution in [2.45, 2.75) is 38.6 Å². The Hall–Kier alpha value is -0.680. The number of piperidine rings is 1. The zero-order chi connectivity index (χ0) is 11.4. The summed E-state index contributed by atoms with van der Waals surface area (Å²) in [5.74, 6) is -1.01. The molecule has 0 amide bonds. The maximum absolute atomic E-state index is 13.3. The Morgan fingerprint density at radius 3 is 2.80 bits per heavy atom. The summed E-state index contributed by atoms with van der Waals surface area (Å²) in [5.41, 5.74) is 0. The number of nitrogens with zero attached hydrogens (tertiary/aromatic N) is 1. The monoisotopic (exact) mass is 219 g/mol. The van der Waals surface area contributed by atoms with Crippen LogP contribution in [-0.4, -0.2) is 54.0 Å². The number of likely N-dealkylation sites (tertiary alicyclic amines) is 1. The van der Waals surface area contributed by atoms with Gasteiger partial charge in [0.2, 0.25) is 0 Å². The Labute approximate surface area is 89.0 Å². The molecule has 0 aromatic heterocycles. The van der Waals surface area contributed by atoms with Crippen LogP contribution in [0.2, 0.25) is 0 Å². The molecule has 0 aromatic rings. The lowest BCUT2D eigenvalue weighted by Gasteiger charge is -2.36. The standard InChI is InChI=1S/C10H18FNO3/c1-7(2)12-4-8(11)3-9(5-12)15-6-10(13)14/h7-9H,3-6H2,1-2H3,(H,13,14). The molecule has 0 saturated carbocycles. The number of ether oxygens (including phenoxy) is 1. The molecule has 2 atom stereocenters. The number of hydrogen-bond donors (Lipinski definition) is 1. The fourth-order valence-corrected chi connectivity index (χ4v) is 1.76. The second kappa shape index (κ2) is 5.42. The second-order valence-corrected chi connectivity index (χ2v) is 4.21. The van der Waals surface area contributed by atoms with Crippen molar-refractivity contribution in [2.75, 3.05) is 19.7 Å². The third kappa shape index (κ3) is 4.13. The molecular formula is C10H18FNO3. The van der Waals surface area contributed by atoms with E-state index in [1.54, 1.807) is 0 Å². The fourth-order valence-electron chi connectivity index (χ4n) is 1.76. The average Bonchev–Trinajstić information content (AvgIpc) is 2.13. The lowest BCUT2D eigenvalue weighted by molar-refractivity contribution is -0.146. The van der Waals surface area contributed by atoms with Gasteiger partial charge < -0.3 is 9.84 Å². The predicted octanol–water partition coefficient (Wildman–Crippen LogP) is 0.908. The first-order valence-electron chi connectivity index (χ1n) is 5.20. The molecule has 1 fully saturated rings. The molecule has 0 aliphatic carbocycles. The molecule has 1 rings (SSSR count). The van der Waals surface area contributed by atoms with Crippen molar-refractivity contribution < 1.29 is 19.0 Å². The van der Waals surface area contributed by atoms with Gasteiger partial charge in [0.1, 0.15) is 12.8 Å². The number of aliphatic carboxylic acids is 1. The minimum Gasteiger partial charge on any atom is -0.480 e. The Morgan fingerprint density at radius 1 is 1.60 bits per heavy atom. The molecule has 1 aliphatic heterocycles. The van der Waals surface area contributed by atoms with Crippen LogP contribution < -0.4 is 0 Å². The smallest absolute Gasteiger partial charge is 0.329 e. The molecular weight excluding hydrogens is 201 g/mol. The predicted molar refractivity (Wildman–Crippen MR) is 53.6 cm³/mol. The quantitative estimate of drug-likeness (QED) is 0.763. The number of carbonyl (C=O) groups is 1. The maximum Gasteiger partial charge on any atom is 0.329 e. The molecule has 1 saturated heterocycles. The van der Waals surface area contributed by atoms with E-state index in [0.29, 0.717) is 19.5 Å². The molecule has 88 valence electrons. The van der Waals surface area contributed by atoms with Gasteiger partial charge in [-0.2, -0.15) is 0 Å². The Kier molecular flexibility index (Phi) is 4.47. The van der Waals surface area contributed by atoms with Gasteiger partial charge in [0.25, 0.3) is 0 Å². The minimum atomic E-state index is -1.01. The van der Waals surface area contributed by atoms with E-state index in [2.05, 4.69) is 0 Å². The van der Waals surface area contributed by atoms with Crippen LogP contribution in [0.3, 0.4) is 0 Å². The van der Waals surface area contributed by atoms with E-state index in [1.165, 1.54) is 0 Å². The minimum absolute atomic E-state index is 0.263. The van der Waals surface area contributed by atoms with Gasteiger partial charge in [0.05, 0.1) is 6.10 Å². The highest BCUT2D eigenvalue weighted by molar-refractivity contribution is 5.68. The first-order valence-corrected chi connectivity index (χ1v) is 5.20. The molecule has 1 N–H and O–H groups in total. The lowest BCUT2D eigenvalue weighted by atomic mass is 10.1. The number of carboxylic acid groups (broad SMARTS) is 1. The number of halogens is 1. The summed E-state index contributed by atoms with van der Waals surface area (Å²) in [7, 11) is 0. The molecule has 5 heteroatoms. The molecule has 0 spiro atoms. The van der Waals surface area contributed by atoms with E-state index in [9.17, 15) is 9.18 Å². The fraction of sp³-hybridized carbons (Fsp3) is 0.900. The zero-order valence-electron chi connectivity index (χ0n) is 9.15. The molecule has 0 bridgehead atoms. The van der Waals surface area contributed by atoms with Crippen molar-refractivity contribution in [3.05, 3.63) is 0 Å². The van der Waals surface area contributed by atoms with Crippen molar-refractivity contribution in [1.82, 2.24) is 4.90 Å².